The molecule has 1 aromatic rings. The van der Waals surface area contributed by atoms with E-state index in [4.69, 9.17) is 5.11 Å². The van der Waals surface area contributed by atoms with Crippen molar-refractivity contribution in [1.29, 1.82) is 0 Å². The summed E-state index contributed by atoms with van der Waals surface area (Å²) in [4.78, 5) is 12.6. The Hall–Kier alpha value is -1.49. The molecule has 3 nitrogen and oxygen atoms in total. The van der Waals surface area contributed by atoms with Gasteiger partial charge in [-0.25, -0.2) is 8.78 Å². The number of carbonyl (C=O) groups is 1. The lowest BCUT2D eigenvalue weighted by Crippen LogP contribution is -2.44. The van der Waals surface area contributed by atoms with Crippen LogP contribution in [0.2, 0.25) is 0 Å². The molecule has 20 heavy (non-hydrogen) atoms. The lowest BCUT2D eigenvalue weighted by atomic mass is 9.98. The minimum atomic E-state index is -0.911. The van der Waals surface area contributed by atoms with Crippen LogP contribution in [0.3, 0.4) is 0 Å². The lowest BCUT2D eigenvalue weighted by molar-refractivity contribution is -0.137. The van der Waals surface area contributed by atoms with Crippen LogP contribution in [0.15, 0.2) is 18.2 Å². The van der Waals surface area contributed by atoms with Crippen LogP contribution in [-0.4, -0.2) is 28.1 Å². The number of benzene rings is 1. The minimum Gasteiger partial charge on any atom is -0.481 e. The smallest absolute Gasteiger partial charge is 0.304 e. The van der Waals surface area contributed by atoms with E-state index in [1.807, 2.05) is 25.7 Å². The first-order valence-electron chi connectivity index (χ1n) is 6.57. The fourth-order valence-corrected chi connectivity index (χ4v) is 2.34. The van der Waals surface area contributed by atoms with Crippen LogP contribution in [0.1, 0.15) is 45.7 Å². The third kappa shape index (κ3) is 4.00. The Morgan fingerprint density at radius 3 is 2.45 bits per heavy atom. The van der Waals surface area contributed by atoms with E-state index in [2.05, 4.69) is 0 Å². The van der Waals surface area contributed by atoms with Crippen molar-refractivity contribution in [2.45, 2.75) is 45.7 Å². The van der Waals surface area contributed by atoms with Gasteiger partial charge in [0, 0.05) is 23.7 Å². The number of hydrogen-bond donors (Lipinski definition) is 1. The van der Waals surface area contributed by atoms with Gasteiger partial charge in [0.05, 0.1) is 6.42 Å². The zero-order valence-electron chi connectivity index (χ0n) is 12.3. The van der Waals surface area contributed by atoms with Gasteiger partial charge in [-0.05, 0) is 33.8 Å². The van der Waals surface area contributed by atoms with Gasteiger partial charge >= 0.3 is 5.97 Å². The molecule has 0 aliphatic heterocycles. The first kappa shape index (κ1) is 16.6. The van der Waals surface area contributed by atoms with Crippen molar-refractivity contribution in [2.75, 3.05) is 6.54 Å². The Bertz CT molecular complexity index is 483. The highest BCUT2D eigenvalue weighted by atomic mass is 19.2. The number of hydrogen-bond acceptors (Lipinski definition) is 2. The number of aliphatic carboxylic acids is 1. The summed E-state index contributed by atoms with van der Waals surface area (Å²) in [6.45, 7) is 7.79. The van der Waals surface area contributed by atoms with E-state index in [0.29, 0.717) is 0 Å². The summed E-state index contributed by atoms with van der Waals surface area (Å²) >= 11 is 0. The van der Waals surface area contributed by atoms with Crippen LogP contribution in [-0.2, 0) is 4.79 Å². The van der Waals surface area contributed by atoms with Crippen LogP contribution in [0.25, 0.3) is 0 Å². The molecule has 1 N–H and O–H groups in total. The van der Waals surface area contributed by atoms with Crippen LogP contribution in [0.5, 0.6) is 0 Å². The Labute approximate surface area is 118 Å². The van der Waals surface area contributed by atoms with Gasteiger partial charge in [-0.15, -0.1) is 0 Å². The van der Waals surface area contributed by atoms with Gasteiger partial charge in [-0.2, -0.15) is 0 Å². The number of halogens is 2. The molecule has 1 rings (SSSR count). The Kier molecular flexibility index (Phi) is 5.22. The van der Waals surface area contributed by atoms with Crippen molar-refractivity contribution < 1.29 is 18.7 Å². The zero-order chi connectivity index (χ0) is 15.5. The van der Waals surface area contributed by atoms with E-state index in [0.717, 1.165) is 6.07 Å². The molecule has 1 unspecified atom stereocenters. The number of carboxylic acids is 1. The maximum atomic E-state index is 13.9. The molecule has 0 saturated carbocycles. The van der Waals surface area contributed by atoms with Crippen molar-refractivity contribution in [1.82, 2.24) is 4.90 Å². The summed E-state index contributed by atoms with van der Waals surface area (Å²) in [5.41, 5.74) is -0.113. The predicted octanol–water partition coefficient (Wildman–Crippen LogP) is 3.60. The molecule has 112 valence electrons. The highest BCUT2D eigenvalue weighted by Gasteiger charge is 2.29. The molecule has 1 aromatic carbocycles. The highest BCUT2D eigenvalue weighted by molar-refractivity contribution is 5.66. The molecule has 0 bridgehead atoms. The molecule has 1 atom stereocenters. The zero-order valence-corrected chi connectivity index (χ0v) is 12.3. The normalized spacial score (nSPS) is 13.6. The van der Waals surface area contributed by atoms with Crippen LogP contribution in [0, 0.1) is 11.6 Å². The minimum absolute atomic E-state index is 0.0431. The molecular formula is C15H21F2NO2. The molecule has 0 heterocycles. The van der Waals surface area contributed by atoms with Crippen LogP contribution in [0.4, 0.5) is 8.78 Å². The molecule has 0 radical (unpaired) electrons. The first-order valence-corrected chi connectivity index (χ1v) is 6.57. The van der Waals surface area contributed by atoms with E-state index in [-0.39, 0.29) is 24.1 Å². The molecule has 0 aromatic heterocycles. The van der Waals surface area contributed by atoms with Crippen LogP contribution < -0.4 is 0 Å². The topological polar surface area (TPSA) is 40.5 Å². The Balaban J connectivity index is 3.07. The largest absolute Gasteiger partial charge is 0.481 e. The van der Waals surface area contributed by atoms with Crippen molar-refractivity contribution in [2.24, 2.45) is 0 Å². The molecule has 0 aliphatic carbocycles. The van der Waals surface area contributed by atoms with Gasteiger partial charge in [0.2, 0.25) is 0 Å². The highest BCUT2D eigenvalue weighted by Crippen LogP contribution is 2.30. The van der Waals surface area contributed by atoms with Gasteiger partial charge in [0.15, 0.2) is 11.6 Å². The van der Waals surface area contributed by atoms with Crippen LogP contribution >= 0.6 is 0 Å². The maximum absolute atomic E-state index is 13.9. The Morgan fingerprint density at radius 1 is 1.35 bits per heavy atom. The summed E-state index contributed by atoms with van der Waals surface area (Å²) in [5, 5.41) is 8.82. The summed E-state index contributed by atoms with van der Waals surface area (Å²) in [7, 11) is 0. The quantitative estimate of drug-likeness (QED) is 0.898. The number of rotatable bonds is 5. The van der Waals surface area contributed by atoms with Crippen molar-refractivity contribution in [3.8, 4) is 0 Å². The predicted molar refractivity (Wildman–Crippen MR) is 73.5 cm³/mol. The molecular weight excluding hydrogens is 264 g/mol. The molecule has 0 fully saturated rings. The average Bonchev–Trinajstić information content (AvgIpc) is 2.30. The molecule has 0 amide bonds. The lowest BCUT2D eigenvalue weighted by Gasteiger charge is -2.40. The second kappa shape index (κ2) is 6.31. The van der Waals surface area contributed by atoms with Crippen molar-refractivity contribution in [3.05, 3.63) is 35.4 Å². The fourth-order valence-electron chi connectivity index (χ4n) is 2.34. The standard InChI is InChI=1S/C15H21F2NO2/c1-10(11-6-5-7-12(16)14(11)17)18(15(2,3)4)9-8-13(19)20/h5-7,10H,8-9H2,1-4H3,(H,19,20). The van der Waals surface area contributed by atoms with E-state index in [1.165, 1.54) is 12.1 Å². The summed E-state index contributed by atoms with van der Waals surface area (Å²) in [5.74, 6) is -2.67. The average molecular weight is 285 g/mol. The third-order valence-corrected chi connectivity index (χ3v) is 3.33. The SMILES string of the molecule is CC(c1cccc(F)c1F)N(CCC(=O)O)C(C)(C)C. The maximum Gasteiger partial charge on any atom is 0.304 e. The van der Waals surface area contributed by atoms with E-state index >= 15 is 0 Å². The summed E-state index contributed by atoms with van der Waals surface area (Å²) < 4.78 is 27.2. The number of carboxylic acid groups (broad SMARTS) is 1. The fraction of sp³-hybridized carbons (Fsp3) is 0.533. The van der Waals surface area contributed by atoms with Gasteiger partial charge in [-0.1, -0.05) is 12.1 Å². The second-order valence-corrected chi connectivity index (χ2v) is 5.83. The molecule has 0 saturated heterocycles. The van der Waals surface area contributed by atoms with Crippen molar-refractivity contribution >= 4 is 5.97 Å². The molecule has 0 spiro atoms. The molecule has 0 aliphatic rings. The third-order valence-electron chi connectivity index (χ3n) is 3.33. The van der Waals surface area contributed by atoms with E-state index < -0.39 is 23.6 Å². The second-order valence-electron chi connectivity index (χ2n) is 5.83. The monoisotopic (exact) mass is 285 g/mol. The van der Waals surface area contributed by atoms with Gasteiger partial charge in [0.1, 0.15) is 0 Å². The van der Waals surface area contributed by atoms with E-state index in [9.17, 15) is 13.6 Å². The van der Waals surface area contributed by atoms with E-state index in [1.54, 1.807) is 6.92 Å². The molecule has 5 heteroatoms. The summed E-state index contributed by atoms with van der Waals surface area (Å²) in [6, 6.07) is 3.65. The van der Waals surface area contributed by atoms with Gasteiger partial charge in [0.25, 0.3) is 0 Å². The Morgan fingerprint density at radius 2 is 1.95 bits per heavy atom. The number of nitrogens with zero attached hydrogens (tertiary/aromatic N) is 1. The van der Waals surface area contributed by atoms with Gasteiger partial charge < -0.3 is 5.11 Å². The first-order chi connectivity index (χ1) is 9.14. The summed E-state index contributed by atoms with van der Waals surface area (Å²) in [6.07, 6.45) is -0.0431. The van der Waals surface area contributed by atoms with Gasteiger partial charge in [-0.3, -0.25) is 9.69 Å². The van der Waals surface area contributed by atoms with Crippen molar-refractivity contribution in [3.63, 3.8) is 0 Å².